The van der Waals surface area contributed by atoms with E-state index in [1.165, 1.54) is 0 Å². The van der Waals surface area contributed by atoms with Gasteiger partial charge in [-0.05, 0) is 25.8 Å². The summed E-state index contributed by atoms with van der Waals surface area (Å²) >= 11 is 0. The second-order valence-electron chi connectivity index (χ2n) is 6.99. The van der Waals surface area contributed by atoms with E-state index in [4.69, 9.17) is 0 Å². The van der Waals surface area contributed by atoms with E-state index in [1.54, 1.807) is 18.0 Å². The monoisotopic (exact) mass is 366 g/mol. The summed E-state index contributed by atoms with van der Waals surface area (Å²) < 4.78 is 0. The smallest absolute Gasteiger partial charge is 0.257 e. The van der Waals surface area contributed by atoms with Gasteiger partial charge in [0.15, 0.2) is 0 Å². The summed E-state index contributed by atoms with van der Waals surface area (Å²) in [5, 5.41) is 0. The summed E-state index contributed by atoms with van der Waals surface area (Å²) in [4.78, 5) is 38.0. The number of benzene rings is 1. The number of hydrogen-bond donors (Lipinski definition) is 0. The van der Waals surface area contributed by atoms with Crippen LogP contribution in [-0.4, -0.2) is 50.7 Å². The standard InChI is InChI=1S/C21H26N4O2/c1-4-18-14-24(21(27)19-12-22-16(3)23-15(19)2)11-10-20(26)25(18)13-17-8-6-5-7-9-17/h5-9,12,18H,4,10-11,13-14H2,1-3H3. The first kappa shape index (κ1) is 19.0. The molecule has 1 fully saturated rings. The van der Waals surface area contributed by atoms with Crippen LogP contribution in [0.25, 0.3) is 0 Å². The minimum Gasteiger partial charge on any atom is -0.336 e. The maximum Gasteiger partial charge on any atom is 0.257 e. The molecule has 0 radical (unpaired) electrons. The average Bonchev–Trinajstić information content (AvgIpc) is 2.82. The van der Waals surface area contributed by atoms with Gasteiger partial charge in [-0.25, -0.2) is 9.97 Å². The van der Waals surface area contributed by atoms with Crippen molar-refractivity contribution < 1.29 is 9.59 Å². The van der Waals surface area contributed by atoms with E-state index in [2.05, 4.69) is 16.9 Å². The lowest BCUT2D eigenvalue weighted by Crippen LogP contribution is -2.44. The highest BCUT2D eigenvalue weighted by Crippen LogP contribution is 2.20. The van der Waals surface area contributed by atoms with Crippen molar-refractivity contribution >= 4 is 11.8 Å². The van der Waals surface area contributed by atoms with Gasteiger partial charge in [-0.3, -0.25) is 9.59 Å². The lowest BCUT2D eigenvalue weighted by Gasteiger charge is -2.31. The van der Waals surface area contributed by atoms with Crippen molar-refractivity contribution in [3.05, 3.63) is 59.2 Å². The fourth-order valence-corrected chi connectivity index (χ4v) is 3.52. The molecule has 1 aromatic heterocycles. The predicted molar refractivity (Wildman–Crippen MR) is 103 cm³/mol. The number of carbonyl (C=O) groups is 2. The lowest BCUT2D eigenvalue weighted by atomic mass is 10.1. The van der Waals surface area contributed by atoms with Crippen LogP contribution in [0.1, 0.15) is 47.2 Å². The molecular formula is C21H26N4O2. The zero-order valence-electron chi connectivity index (χ0n) is 16.2. The Balaban J connectivity index is 1.80. The Hall–Kier alpha value is -2.76. The van der Waals surface area contributed by atoms with Crippen LogP contribution in [0.3, 0.4) is 0 Å². The molecule has 0 bridgehead atoms. The summed E-state index contributed by atoms with van der Waals surface area (Å²) in [7, 11) is 0. The highest BCUT2D eigenvalue weighted by molar-refractivity contribution is 5.95. The molecule has 6 nitrogen and oxygen atoms in total. The molecule has 3 rings (SSSR count). The number of amides is 2. The van der Waals surface area contributed by atoms with Crippen LogP contribution in [0, 0.1) is 13.8 Å². The van der Waals surface area contributed by atoms with Gasteiger partial charge in [0.2, 0.25) is 5.91 Å². The molecule has 2 heterocycles. The third-order valence-corrected chi connectivity index (χ3v) is 5.07. The van der Waals surface area contributed by atoms with Gasteiger partial charge >= 0.3 is 0 Å². The molecule has 0 aliphatic carbocycles. The summed E-state index contributed by atoms with van der Waals surface area (Å²) in [5.74, 6) is 0.647. The first-order valence-electron chi connectivity index (χ1n) is 9.42. The quantitative estimate of drug-likeness (QED) is 0.834. The van der Waals surface area contributed by atoms with Crippen LogP contribution in [0.15, 0.2) is 36.5 Å². The van der Waals surface area contributed by atoms with Gasteiger partial charge in [-0.15, -0.1) is 0 Å². The van der Waals surface area contributed by atoms with Crippen LogP contribution in [-0.2, 0) is 11.3 Å². The minimum absolute atomic E-state index is 0.00386. The number of aryl methyl sites for hydroxylation is 2. The van der Waals surface area contributed by atoms with Gasteiger partial charge in [0.1, 0.15) is 5.82 Å². The highest BCUT2D eigenvalue weighted by atomic mass is 16.2. The number of nitrogens with zero attached hydrogens (tertiary/aromatic N) is 4. The van der Waals surface area contributed by atoms with Crippen molar-refractivity contribution in [2.75, 3.05) is 13.1 Å². The average molecular weight is 366 g/mol. The Bertz CT molecular complexity index is 822. The van der Waals surface area contributed by atoms with E-state index in [-0.39, 0.29) is 17.9 Å². The molecule has 0 saturated carbocycles. The van der Waals surface area contributed by atoms with E-state index in [1.807, 2.05) is 42.2 Å². The molecular weight excluding hydrogens is 340 g/mol. The molecule has 1 aliphatic heterocycles. The van der Waals surface area contributed by atoms with E-state index in [9.17, 15) is 9.59 Å². The molecule has 2 aromatic rings. The van der Waals surface area contributed by atoms with Crippen molar-refractivity contribution in [3.63, 3.8) is 0 Å². The van der Waals surface area contributed by atoms with Crippen LogP contribution in [0.4, 0.5) is 0 Å². The molecule has 0 spiro atoms. The van der Waals surface area contributed by atoms with Crippen molar-refractivity contribution in [1.82, 2.24) is 19.8 Å². The van der Waals surface area contributed by atoms with Gasteiger partial charge in [-0.2, -0.15) is 0 Å². The normalized spacial score (nSPS) is 17.7. The lowest BCUT2D eigenvalue weighted by molar-refractivity contribution is -0.133. The second-order valence-corrected chi connectivity index (χ2v) is 6.99. The molecule has 1 atom stereocenters. The number of carbonyl (C=O) groups excluding carboxylic acids is 2. The van der Waals surface area contributed by atoms with E-state index < -0.39 is 0 Å². The molecule has 1 saturated heterocycles. The summed E-state index contributed by atoms with van der Waals surface area (Å²) in [6.07, 6.45) is 2.72. The molecule has 6 heteroatoms. The van der Waals surface area contributed by atoms with Crippen molar-refractivity contribution in [1.29, 1.82) is 0 Å². The maximum absolute atomic E-state index is 13.0. The largest absolute Gasteiger partial charge is 0.336 e. The Morgan fingerprint density at radius 3 is 2.63 bits per heavy atom. The molecule has 0 N–H and O–H groups in total. The van der Waals surface area contributed by atoms with Crippen LogP contribution < -0.4 is 0 Å². The van der Waals surface area contributed by atoms with E-state index in [0.29, 0.717) is 43.1 Å². The number of aromatic nitrogens is 2. The first-order chi connectivity index (χ1) is 13.0. The number of hydrogen-bond acceptors (Lipinski definition) is 4. The third kappa shape index (κ3) is 4.32. The summed E-state index contributed by atoms with van der Waals surface area (Å²) in [6.45, 7) is 7.22. The van der Waals surface area contributed by atoms with E-state index in [0.717, 1.165) is 12.0 Å². The van der Waals surface area contributed by atoms with Crippen LogP contribution >= 0.6 is 0 Å². The zero-order valence-corrected chi connectivity index (χ0v) is 16.2. The zero-order chi connectivity index (χ0) is 19.4. The minimum atomic E-state index is -0.0969. The SMILES string of the molecule is CCC1CN(C(=O)c2cnc(C)nc2C)CCC(=O)N1Cc1ccccc1. The van der Waals surface area contributed by atoms with Gasteiger partial charge in [0.05, 0.1) is 11.3 Å². The second kappa shape index (κ2) is 8.29. The Kier molecular flexibility index (Phi) is 5.84. The third-order valence-electron chi connectivity index (χ3n) is 5.07. The van der Waals surface area contributed by atoms with Crippen molar-refractivity contribution in [2.24, 2.45) is 0 Å². The Morgan fingerprint density at radius 1 is 1.22 bits per heavy atom. The number of rotatable bonds is 4. The van der Waals surface area contributed by atoms with Crippen molar-refractivity contribution in [3.8, 4) is 0 Å². The summed E-state index contributed by atoms with van der Waals surface area (Å²) in [5.41, 5.74) is 2.29. The van der Waals surface area contributed by atoms with E-state index >= 15 is 0 Å². The maximum atomic E-state index is 13.0. The molecule has 1 unspecified atom stereocenters. The fraction of sp³-hybridized carbons (Fsp3) is 0.429. The van der Waals surface area contributed by atoms with Gasteiger partial charge < -0.3 is 9.80 Å². The fourth-order valence-electron chi connectivity index (χ4n) is 3.52. The van der Waals surface area contributed by atoms with Gasteiger partial charge in [-0.1, -0.05) is 37.3 Å². The Morgan fingerprint density at radius 2 is 1.96 bits per heavy atom. The topological polar surface area (TPSA) is 66.4 Å². The van der Waals surface area contributed by atoms with Crippen LogP contribution in [0.5, 0.6) is 0 Å². The molecule has 2 amide bonds. The molecule has 142 valence electrons. The highest BCUT2D eigenvalue weighted by Gasteiger charge is 2.31. The van der Waals surface area contributed by atoms with Gasteiger partial charge in [0, 0.05) is 38.3 Å². The van der Waals surface area contributed by atoms with Gasteiger partial charge in [0.25, 0.3) is 5.91 Å². The summed E-state index contributed by atoms with van der Waals surface area (Å²) in [6, 6.07) is 9.98. The Labute approximate surface area is 160 Å². The molecule has 1 aromatic carbocycles. The first-order valence-corrected chi connectivity index (χ1v) is 9.42. The molecule has 27 heavy (non-hydrogen) atoms. The molecule has 1 aliphatic rings. The predicted octanol–water partition coefficient (Wildman–Crippen LogP) is 2.75. The van der Waals surface area contributed by atoms with Crippen LogP contribution in [0.2, 0.25) is 0 Å². The van der Waals surface area contributed by atoms with Crippen molar-refractivity contribution in [2.45, 2.75) is 46.2 Å².